The maximum Gasteiger partial charge on any atom is 0.354 e. The molecule has 0 spiro atoms. The lowest BCUT2D eigenvalue weighted by molar-refractivity contribution is -0.384. The number of nitro benzene ring substituents is 1. The van der Waals surface area contributed by atoms with Gasteiger partial charge in [-0.05, 0) is 12.1 Å². The summed E-state index contributed by atoms with van der Waals surface area (Å²) in [5, 5.41) is 13.9. The number of anilines is 1. The van der Waals surface area contributed by atoms with Crippen molar-refractivity contribution in [3.63, 3.8) is 0 Å². The lowest BCUT2D eigenvalue weighted by atomic mass is 10.2. The molecule has 0 atom stereocenters. The number of hydrogen-bond acceptors (Lipinski definition) is 7. The Morgan fingerprint density at radius 2 is 2.16 bits per heavy atom. The molecular weight excluding hydrogens is 252 g/mol. The molecule has 0 bridgehead atoms. The fourth-order valence-corrected chi connectivity index (χ4v) is 1.51. The van der Waals surface area contributed by atoms with E-state index in [0.717, 1.165) is 10.6 Å². The van der Waals surface area contributed by atoms with Crippen molar-refractivity contribution in [3.05, 3.63) is 51.1 Å². The second-order valence-electron chi connectivity index (χ2n) is 3.55. The van der Waals surface area contributed by atoms with Crippen molar-refractivity contribution in [1.82, 2.24) is 9.55 Å². The van der Waals surface area contributed by atoms with Crippen molar-refractivity contribution in [2.24, 2.45) is 5.11 Å². The lowest BCUT2D eigenvalue weighted by Gasteiger charge is -2.07. The molecule has 96 valence electrons. The standard InChI is InChI=1S/C10H8N6O3/c11-9-3-4-15(10(17)13-9)8-5-6(16(18)19)1-2-7(8)14-12/h1-5,12H,(H2,11,13,17). The summed E-state index contributed by atoms with van der Waals surface area (Å²) in [4.78, 5) is 25.3. The number of benzene rings is 1. The van der Waals surface area contributed by atoms with E-state index in [4.69, 9.17) is 11.3 Å². The molecule has 0 unspecified atom stereocenters. The molecule has 2 rings (SSSR count). The van der Waals surface area contributed by atoms with E-state index < -0.39 is 10.6 Å². The molecular formula is C10H8N6O3. The number of rotatable bonds is 3. The van der Waals surface area contributed by atoms with E-state index in [-0.39, 0.29) is 22.9 Å². The van der Waals surface area contributed by atoms with Gasteiger partial charge in [0.1, 0.15) is 11.5 Å². The Bertz CT molecular complexity index is 723. The average Bonchev–Trinajstić information content (AvgIpc) is 2.38. The number of nitro groups is 1. The maximum absolute atomic E-state index is 11.7. The zero-order valence-electron chi connectivity index (χ0n) is 9.48. The van der Waals surface area contributed by atoms with Gasteiger partial charge in [0.05, 0.1) is 10.6 Å². The summed E-state index contributed by atoms with van der Waals surface area (Å²) in [5.41, 5.74) is 11.7. The van der Waals surface area contributed by atoms with Crippen molar-refractivity contribution in [3.8, 4) is 5.69 Å². The molecule has 9 nitrogen and oxygen atoms in total. The van der Waals surface area contributed by atoms with Gasteiger partial charge in [-0.25, -0.2) is 10.3 Å². The number of non-ortho nitro benzene ring substituents is 1. The largest absolute Gasteiger partial charge is 0.383 e. The molecule has 0 aliphatic carbocycles. The van der Waals surface area contributed by atoms with Gasteiger partial charge >= 0.3 is 5.69 Å². The monoisotopic (exact) mass is 260 g/mol. The van der Waals surface area contributed by atoms with E-state index in [1.165, 1.54) is 24.4 Å². The van der Waals surface area contributed by atoms with Gasteiger partial charge in [0, 0.05) is 18.3 Å². The van der Waals surface area contributed by atoms with Crippen LogP contribution in [0.5, 0.6) is 0 Å². The molecule has 2 aromatic rings. The first-order chi connectivity index (χ1) is 9.02. The van der Waals surface area contributed by atoms with Crippen LogP contribution in [-0.4, -0.2) is 14.5 Å². The topological polar surface area (TPSA) is 140 Å². The molecule has 0 fully saturated rings. The smallest absolute Gasteiger partial charge is 0.354 e. The Balaban J connectivity index is 2.72. The van der Waals surface area contributed by atoms with Gasteiger partial charge in [-0.1, -0.05) is 0 Å². The molecule has 0 saturated heterocycles. The van der Waals surface area contributed by atoms with Crippen LogP contribution in [0.1, 0.15) is 0 Å². The second kappa shape index (κ2) is 4.64. The summed E-state index contributed by atoms with van der Waals surface area (Å²) in [6.45, 7) is 0. The van der Waals surface area contributed by atoms with Gasteiger partial charge in [0.15, 0.2) is 0 Å². The lowest BCUT2D eigenvalue weighted by Crippen LogP contribution is -2.21. The van der Waals surface area contributed by atoms with Gasteiger partial charge < -0.3 is 5.73 Å². The third kappa shape index (κ3) is 2.29. The summed E-state index contributed by atoms with van der Waals surface area (Å²) in [7, 11) is 0. The number of aromatic nitrogens is 2. The van der Waals surface area contributed by atoms with E-state index in [9.17, 15) is 14.9 Å². The molecule has 0 saturated carbocycles. The zero-order valence-corrected chi connectivity index (χ0v) is 9.48. The van der Waals surface area contributed by atoms with Gasteiger partial charge in [-0.15, -0.1) is 0 Å². The summed E-state index contributed by atoms with van der Waals surface area (Å²) < 4.78 is 1.04. The number of nitrogens with one attached hydrogen (secondary N) is 1. The minimum absolute atomic E-state index is 0.0380. The van der Waals surface area contributed by atoms with Crippen LogP contribution >= 0.6 is 0 Å². The molecule has 3 N–H and O–H groups in total. The van der Waals surface area contributed by atoms with Crippen LogP contribution in [0.4, 0.5) is 17.2 Å². The molecule has 1 heterocycles. The second-order valence-corrected chi connectivity index (χ2v) is 3.55. The molecule has 0 aliphatic rings. The number of nitrogen functional groups attached to an aromatic ring is 1. The van der Waals surface area contributed by atoms with E-state index in [1.54, 1.807) is 0 Å². The van der Waals surface area contributed by atoms with Crippen LogP contribution in [0.2, 0.25) is 0 Å². The molecule has 19 heavy (non-hydrogen) atoms. The Morgan fingerprint density at radius 1 is 1.42 bits per heavy atom. The van der Waals surface area contributed by atoms with Crippen LogP contribution in [0.25, 0.3) is 5.69 Å². The Hall–Kier alpha value is -3.10. The fraction of sp³-hybridized carbons (Fsp3) is 0. The minimum Gasteiger partial charge on any atom is -0.383 e. The van der Waals surface area contributed by atoms with Gasteiger partial charge in [0.2, 0.25) is 0 Å². The van der Waals surface area contributed by atoms with Crippen LogP contribution < -0.4 is 11.4 Å². The summed E-state index contributed by atoms with van der Waals surface area (Å²) >= 11 is 0. The minimum atomic E-state index is -0.703. The highest BCUT2D eigenvalue weighted by Crippen LogP contribution is 2.26. The highest BCUT2D eigenvalue weighted by molar-refractivity contribution is 5.61. The van der Waals surface area contributed by atoms with Crippen LogP contribution in [0.15, 0.2) is 40.4 Å². The molecule has 0 radical (unpaired) electrons. The number of nitrogens with two attached hydrogens (primary N) is 1. The summed E-state index contributed by atoms with van der Waals surface area (Å²) in [6, 6.07) is 5.00. The Morgan fingerprint density at radius 3 is 2.74 bits per heavy atom. The van der Waals surface area contributed by atoms with Crippen molar-refractivity contribution < 1.29 is 4.92 Å². The van der Waals surface area contributed by atoms with E-state index in [2.05, 4.69) is 10.1 Å². The number of nitrogens with zero attached hydrogens (tertiary/aromatic N) is 4. The van der Waals surface area contributed by atoms with Crippen molar-refractivity contribution >= 4 is 17.2 Å². The van der Waals surface area contributed by atoms with E-state index in [1.807, 2.05) is 0 Å². The predicted molar refractivity (Wildman–Crippen MR) is 65.7 cm³/mol. The average molecular weight is 260 g/mol. The first kappa shape index (κ1) is 12.4. The van der Waals surface area contributed by atoms with E-state index in [0.29, 0.717) is 0 Å². The van der Waals surface area contributed by atoms with Gasteiger partial charge in [-0.3, -0.25) is 14.7 Å². The molecule has 0 aliphatic heterocycles. The maximum atomic E-state index is 11.7. The first-order valence-corrected chi connectivity index (χ1v) is 5.04. The molecule has 9 heteroatoms. The summed E-state index contributed by atoms with van der Waals surface area (Å²) in [6.07, 6.45) is 1.32. The van der Waals surface area contributed by atoms with Crippen LogP contribution in [0.3, 0.4) is 0 Å². The third-order valence-electron chi connectivity index (χ3n) is 2.37. The first-order valence-electron chi connectivity index (χ1n) is 5.04. The normalized spacial score (nSPS) is 10.1. The Labute approximate surface area is 106 Å². The molecule has 0 amide bonds. The van der Waals surface area contributed by atoms with E-state index >= 15 is 0 Å². The molecule has 1 aromatic carbocycles. The van der Waals surface area contributed by atoms with Crippen molar-refractivity contribution in [2.75, 3.05) is 5.73 Å². The molecule has 1 aromatic heterocycles. The predicted octanol–water partition coefficient (Wildman–Crippen LogP) is 1.39. The third-order valence-corrected chi connectivity index (χ3v) is 2.37. The van der Waals surface area contributed by atoms with Crippen molar-refractivity contribution in [1.29, 1.82) is 5.53 Å². The SMILES string of the molecule is N=Nc1ccc([N+](=O)[O-])cc1-n1ccc(N)nc1=O. The highest BCUT2D eigenvalue weighted by atomic mass is 16.6. The van der Waals surface area contributed by atoms with Crippen LogP contribution in [-0.2, 0) is 0 Å². The van der Waals surface area contributed by atoms with Crippen LogP contribution in [0, 0.1) is 15.6 Å². The van der Waals surface area contributed by atoms with Gasteiger partial charge in [0.25, 0.3) is 5.69 Å². The fourth-order valence-electron chi connectivity index (χ4n) is 1.51. The van der Waals surface area contributed by atoms with Gasteiger partial charge in [-0.2, -0.15) is 10.1 Å². The number of hydrogen-bond donors (Lipinski definition) is 2. The summed E-state index contributed by atoms with van der Waals surface area (Å²) in [5.74, 6) is 0.0380. The quantitative estimate of drug-likeness (QED) is 0.487. The zero-order chi connectivity index (χ0) is 14.0. The van der Waals surface area contributed by atoms with Crippen molar-refractivity contribution in [2.45, 2.75) is 0 Å². The highest BCUT2D eigenvalue weighted by Gasteiger charge is 2.13. The Kier molecular flexibility index (Phi) is 3.02.